The van der Waals surface area contributed by atoms with Crippen molar-refractivity contribution in [3.05, 3.63) is 41.2 Å². The number of ether oxygens (including phenoxy) is 1. The number of Topliss-reactive ketones (excluding diaryl/α,β-unsaturated/α-hetero) is 1. The summed E-state index contributed by atoms with van der Waals surface area (Å²) in [5, 5.41) is 0. The largest absolute Gasteiger partial charge is 0.489 e. The molecule has 0 aliphatic rings. The summed E-state index contributed by atoms with van der Waals surface area (Å²) in [6, 6.07) is 3.95. The molecule has 0 aromatic heterocycles. The van der Waals surface area contributed by atoms with Crippen molar-refractivity contribution in [1.29, 1.82) is 0 Å². The number of carbonyl (C=O) groups excluding carboxylic acids is 1. The Morgan fingerprint density at radius 3 is 2.62 bits per heavy atom. The lowest BCUT2D eigenvalue weighted by Crippen LogP contribution is -2.02. The number of rotatable bonds is 4. The maximum atomic E-state index is 12.9. The van der Waals surface area contributed by atoms with Gasteiger partial charge in [0.2, 0.25) is 0 Å². The second kappa shape index (κ2) is 5.45. The third kappa shape index (κ3) is 3.50. The first kappa shape index (κ1) is 12.4. The lowest BCUT2D eigenvalue weighted by atomic mass is 10.1. The van der Waals surface area contributed by atoms with Crippen molar-refractivity contribution in [2.75, 3.05) is 6.61 Å². The van der Waals surface area contributed by atoms with E-state index in [0.29, 0.717) is 12.4 Å². The predicted octanol–water partition coefficient (Wildman–Crippen LogP) is 3.37. The van der Waals surface area contributed by atoms with Crippen LogP contribution in [-0.2, 0) is 0 Å². The zero-order chi connectivity index (χ0) is 12.1. The average molecular weight is 222 g/mol. The summed E-state index contributed by atoms with van der Waals surface area (Å²) in [7, 11) is 0. The number of carbonyl (C=O) groups is 1. The van der Waals surface area contributed by atoms with Crippen LogP contribution in [0.4, 0.5) is 4.39 Å². The minimum Gasteiger partial charge on any atom is -0.489 e. The molecule has 0 radical (unpaired) electrons. The second-order valence-electron chi connectivity index (χ2n) is 3.79. The van der Waals surface area contributed by atoms with Crippen molar-refractivity contribution in [1.82, 2.24) is 0 Å². The van der Waals surface area contributed by atoms with Gasteiger partial charge in [-0.3, -0.25) is 4.79 Å². The minimum atomic E-state index is -0.431. The lowest BCUT2D eigenvalue weighted by Gasteiger charge is -2.08. The Morgan fingerprint density at radius 1 is 1.38 bits per heavy atom. The van der Waals surface area contributed by atoms with Gasteiger partial charge in [0.05, 0.1) is 5.56 Å². The molecule has 0 unspecified atom stereocenters. The fourth-order valence-corrected chi connectivity index (χ4v) is 1.20. The summed E-state index contributed by atoms with van der Waals surface area (Å²) in [6.45, 7) is 5.69. The highest BCUT2D eigenvalue weighted by molar-refractivity contribution is 5.96. The molecule has 0 saturated carbocycles. The van der Waals surface area contributed by atoms with E-state index in [4.69, 9.17) is 4.74 Å². The molecule has 0 saturated heterocycles. The van der Waals surface area contributed by atoms with Gasteiger partial charge in [-0.05, 0) is 45.0 Å². The van der Waals surface area contributed by atoms with Gasteiger partial charge in [0, 0.05) is 0 Å². The van der Waals surface area contributed by atoms with Crippen LogP contribution in [0, 0.1) is 5.82 Å². The van der Waals surface area contributed by atoms with Gasteiger partial charge in [-0.1, -0.05) is 5.57 Å². The monoisotopic (exact) mass is 222 g/mol. The normalized spacial score (nSPS) is 9.75. The molecule has 16 heavy (non-hydrogen) atoms. The number of allylic oxidation sites excluding steroid dienone is 1. The number of halogens is 1. The van der Waals surface area contributed by atoms with Gasteiger partial charge in [-0.2, -0.15) is 0 Å². The van der Waals surface area contributed by atoms with Crippen LogP contribution in [0.1, 0.15) is 31.1 Å². The van der Waals surface area contributed by atoms with Crippen LogP contribution in [0.15, 0.2) is 29.8 Å². The molecular weight excluding hydrogens is 207 g/mol. The zero-order valence-corrected chi connectivity index (χ0v) is 9.71. The molecule has 1 aromatic rings. The highest BCUT2D eigenvalue weighted by atomic mass is 19.1. The van der Waals surface area contributed by atoms with Gasteiger partial charge in [0.15, 0.2) is 5.78 Å². The second-order valence-corrected chi connectivity index (χ2v) is 3.79. The van der Waals surface area contributed by atoms with Crippen molar-refractivity contribution in [3.8, 4) is 5.75 Å². The van der Waals surface area contributed by atoms with Gasteiger partial charge in [-0.25, -0.2) is 4.39 Å². The number of hydrogen-bond donors (Lipinski definition) is 0. The minimum absolute atomic E-state index is 0.202. The molecule has 0 atom stereocenters. The third-order valence-electron chi connectivity index (χ3n) is 2.05. The van der Waals surface area contributed by atoms with Crippen LogP contribution in [0.25, 0.3) is 0 Å². The topological polar surface area (TPSA) is 26.3 Å². The zero-order valence-electron chi connectivity index (χ0n) is 9.71. The van der Waals surface area contributed by atoms with Gasteiger partial charge in [0.1, 0.15) is 18.2 Å². The molecule has 0 spiro atoms. The smallest absolute Gasteiger partial charge is 0.163 e. The third-order valence-corrected chi connectivity index (χ3v) is 2.05. The Kier molecular flexibility index (Phi) is 4.23. The van der Waals surface area contributed by atoms with Crippen LogP contribution in [-0.4, -0.2) is 12.4 Å². The Labute approximate surface area is 94.7 Å². The van der Waals surface area contributed by atoms with Gasteiger partial charge < -0.3 is 4.74 Å². The molecule has 0 amide bonds. The Hall–Kier alpha value is -1.64. The van der Waals surface area contributed by atoms with Gasteiger partial charge >= 0.3 is 0 Å². The molecule has 1 rings (SSSR count). The Balaban J connectivity index is 2.87. The van der Waals surface area contributed by atoms with E-state index in [2.05, 4.69) is 0 Å². The number of hydrogen-bond acceptors (Lipinski definition) is 2. The van der Waals surface area contributed by atoms with E-state index in [9.17, 15) is 9.18 Å². The molecule has 0 heterocycles. The van der Waals surface area contributed by atoms with E-state index < -0.39 is 5.82 Å². The molecule has 0 fully saturated rings. The first-order valence-corrected chi connectivity index (χ1v) is 5.07. The Morgan fingerprint density at radius 2 is 2.06 bits per heavy atom. The van der Waals surface area contributed by atoms with E-state index in [-0.39, 0.29) is 11.3 Å². The van der Waals surface area contributed by atoms with Crippen molar-refractivity contribution in [2.45, 2.75) is 20.8 Å². The number of ketones is 1. The summed E-state index contributed by atoms with van der Waals surface area (Å²) >= 11 is 0. The molecule has 1 aromatic carbocycles. The van der Waals surface area contributed by atoms with E-state index in [0.717, 1.165) is 5.57 Å². The van der Waals surface area contributed by atoms with Crippen LogP contribution in [0.5, 0.6) is 5.75 Å². The molecule has 0 N–H and O–H groups in total. The average Bonchev–Trinajstić information content (AvgIpc) is 2.19. The first-order chi connectivity index (χ1) is 7.50. The van der Waals surface area contributed by atoms with Gasteiger partial charge in [-0.15, -0.1) is 0 Å². The number of benzene rings is 1. The molecule has 2 nitrogen and oxygen atoms in total. The standard InChI is InChI=1S/C13H15FO2/c1-9(2)6-7-16-13-5-4-11(14)8-12(13)10(3)15/h4-6,8H,7H2,1-3H3. The van der Waals surface area contributed by atoms with E-state index in [1.807, 2.05) is 19.9 Å². The van der Waals surface area contributed by atoms with Crippen molar-refractivity contribution in [2.24, 2.45) is 0 Å². The summed E-state index contributed by atoms with van der Waals surface area (Å²) in [6.07, 6.45) is 1.90. The van der Waals surface area contributed by atoms with Gasteiger partial charge in [0.25, 0.3) is 0 Å². The van der Waals surface area contributed by atoms with Crippen LogP contribution >= 0.6 is 0 Å². The Bertz CT molecular complexity index is 418. The summed E-state index contributed by atoms with van der Waals surface area (Å²) in [4.78, 5) is 11.3. The van der Waals surface area contributed by atoms with E-state index in [1.54, 1.807) is 0 Å². The van der Waals surface area contributed by atoms with Crippen molar-refractivity contribution in [3.63, 3.8) is 0 Å². The summed E-state index contributed by atoms with van der Waals surface area (Å²) in [5.74, 6) is -0.210. The highest BCUT2D eigenvalue weighted by Crippen LogP contribution is 2.20. The molecule has 0 bridgehead atoms. The SMILES string of the molecule is CC(=O)c1cc(F)ccc1OCC=C(C)C. The fourth-order valence-electron chi connectivity index (χ4n) is 1.20. The van der Waals surface area contributed by atoms with Crippen molar-refractivity contribution < 1.29 is 13.9 Å². The predicted molar refractivity (Wildman–Crippen MR) is 61.3 cm³/mol. The lowest BCUT2D eigenvalue weighted by molar-refractivity contribution is 0.101. The molecular formula is C13H15FO2. The van der Waals surface area contributed by atoms with Crippen LogP contribution in [0.3, 0.4) is 0 Å². The maximum Gasteiger partial charge on any atom is 0.163 e. The van der Waals surface area contributed by atoms with Crippen molar-refractivity contribution >= 4 is 5.78 Å². The van der Waals surface area contributed by atoms with Crippen LogP contribution in [0.2, 0.25) is 0 Å². The quantitative estimate of drug-likeness (QED) is 0.576. The maximum absolute atomic E-state index is 12.9. The van der Waals surface area contributed by atoms with E-state index >= 15 is 0 Å². The molecule has 0 aliphatic carbocycles. The fraction of sp³-hybridized carbons (Fsp3) is 0.308. The molecule has 3 heteroatoms. The molecule has 0 aliphatic heterocycles. The molecule has 86 valence electrons. The summed E-state index contributed by atoms with van der Waals surface area (Å²) < 4.78 is 18.3. The highest BCUT2D eigenvalue weighted by Gasteiger charge is 2.09. The summed E-state index contributed by atoms with van der Waals surface area (Å²) in [5.41, 5.74) is 1.41. The van der Waals surface area contributed by atoms with E-state index in [1.165, 1.54) is 25.1 Å². The first-order valence-electron chi connectivity index (χ1n) is 5.07. The van der Waals surface area contributed by atoms with Crippen LogP contribution < -0.4 is 4.74 Å².